The summed E-state index contributed by atoms with van der Waals surface area (Å²) < 4.78 is 47.8. The maximum Gasteiger partial charge on any atom is 0.409 e. The lowest BCUT2D eigenvalue weighted by Crippen LogP contribution is -2.25. The van der Waals surface area contributed by atoms with Gasteiger partial charge in [0.25, 0.3) is 5.91 Å². The fourth-order valence-corrected chi connectivity index (χ4v) is 6.66. The predicted molar refractivity (Wildman–Crippen MR) is 158 cm³/mol. The molecule has 0 saturated carbocycles. The first kappa shape index (κ1) is 29.1. The average Bonchev–Trinajstić information content (AvgIpc) is 3.48. The van der Waals surface area contributed by atoms with Gasteiger partial charge in [0.05, 0.1) is 27.5 Å². The van der Waals surface area contributed by atoms with E-state index in [1.165, 1.54) is 17.0 Å². The molecule has 16 heteroatoms. The normalized spacial score (nSPS) is 13.1. The molecule has 2 aromatic carbocycles. The molecule has 2 N–H and O–H groups in total. The number of carboxylic acid groups (broad SMARTS) is 1. The van der Waals surface area contributed by atoms with E-state index in [1.807, 2.05) is 6.07 Å². The van der Waals surface area contributed by atoms with Crippen molar-refractivity contribution in [3.63, 3.8) is 0 Å². The first-order valence-corrected chi connectivity index (χ1v) is 14.2. The molecule has 224 valence electrons. The van der Waals surface area contributed by atoms with Crippen LogP contribution in [-0.2, 0) is 13.1 Å². The molecule has 0 radical (unpaired) electrons. The van der Waals surface area contributed by atoms with Crippen LogP contribution in [0.15, 0.2) is 24.3 Å². The van der Waals surface area contributed by atoms with Crippen LogP contribution in [0.4, 0.5) is 28.8 Å². The molecule has 0 spiro atoms. The van der Waals surface area contributed by atoms with E-state index >= 15 is 4.39 Å². The highest BCUT2D eigenvalue weighted by molar-refractivity contribution is 7.23. The van der Waals surface area contributed by atoms with Crippen molar-refractivity contribution in [2.75, 3.05) is 30.9 Å². The van der Waals surface area contributed by atoms with Crippen molar-refractivity contribution in [3.05, 3.63) is 64.0 Å². The van der Waals surface area contributed by atoms with Crippen molar-refractivity contribution in [1.82, 2.24) is 24.6 Å². The van der Waals surface area contributed by atoms with Gasteiger partial charge in [-0.25, -0.2) is 13.6 Å². The van der Waals surface area contributed by atoms with E-state index < -0.39 is 29.3 Å². The van der Waals surface area contributed by atoms with Gasteiger partial charge in [0.15, 0.2) is 11.5 Å². The number of aromatic nitrogens is 4. The summed E-state index contributed by atoms with van der Waals surface area (Å²) in [6, 6.07) is 7.13. The minimum absolute atomic E-state index is 0.00521. The lowest BCUT2D eigenvalue weighted by Gasteiger charge is -2.23. The maximum atomic E-state index is 16.4. The van der Waals surface area contributed by atoms with Gasteiger partial charge in [0.2, 0.25) is 0 Å². The number of aryl methyl sites for hydroxylation is 1. The Labute approximate surface area is 255 Å². The summed E-state index contributed by atoms with van der Waals surface area (Å²) in [5.74, 6) is -2.00. The summed E-state index contributed by atoms with van der Waals surface area (Å²) in [6.45, 7) is 1.06. The molecule has 0 atom stereocenters. The number of carbonyl (C=O) groups is 2. The molecule has 5 aromatic rings. The molecule has 0 bridgehead atoms. The second-order valence-corrected chi connectivity index (χ2v) is 11.6. The van der Waals surface area contributed by atoms with Crippen molar-refractivity contribution >= 4 is 66.7 Å². The van der Waals surface area contributed by atoms with E-state index in [-0.39, 0.29) is 66.2 Å². The summed E-state index contributed by atoms with van der Waals surface area (Å²) in [5.41, 5.74) is 0.0221. The zero-order chi connectivity index (χ0) is 31.4. The number of anilines is 2. The van der Waals surface area contributed by atoms with Crippen LogP contribution >= 0.6 is 22.9 Å². The van der Waals surface area contributed by atoms with E-state index in [1.54, 1.807) is 29.7 Å². The van der Waals surface area contributed by atoms with Gasteiger partial charge in [-0.2, -0.15) is 24.7 Å². The van der Waals surface area contributed by atoms with Crippen LogP contribution in [0.5, 0.6) is 0 Å². The lowest BCUT2D eigenvalue weighted by atomic mass is 9.97. The van der Waals surface area contributed by atoms with E-state index in [4.69, 9.17) is 11.6 Å². The van der Waals surface area contributed by atoms with Crippen molar-refractivity contribution in [1.29, 1.82) is 5.26 Å². The quantitative estimate of drug-likeness (QED) is 0.233. The highest BCUT2D eigenvalue weighted by Gasteiger charge is 2.28. The summed E-state index contributed by atoms with van der Waals surface area (Å²) in [4.78, 5) is 34.6. The van der Waals surface area contributed by atoms with Crippen molar-refractivity contribution in [2.24, 2.45) is 0 Å². The van der Waals surface area contributed by atoms with Gasteiger partial charge in [-0.05, 0) is 30.2 Å². The molecule has 1 aliphatic rings. The van der Waals surface area contributed by atoms with Crippen LogP contribution in [0.3, 0.4) is 0 Å². The Hall–Kier alpha value is -4.94. The van der Waals surface area contributed by atoms with Gasteiger partial charge in [0.1, 0.15) is 28.2 Å². The predicted octanol–water partition coefficient (Wildman–Crippen LogP) is 5.85. The van der Waals surface area contributed by atoms with E-state index in [9.17, 15) is 28.7 Å². The number of carbonyl (C=O) groups excluding carboxylic acids is 1. The number of rotatable bonds is 4. The highest BCUT2D eigenvalue weighted by Crippen LogP contribution is 2.46. The molecule has 11 nitrogen and oxygen atoms in total. The number of hydrogen-bond acceptors (Lipinski definition) is 8. The number of fused-ring (bicyclic) bond motifs is 3. The van der Waals surface area contributed by atoms with Crippen LogP contribution in [0, 0.1) is 29.0 Å². The molecule has 6 rings (SSSR count). The van der Waals surface area contributed by atoms with Crippen LogP contribution in [0.1, 0.15) is 28.2 Å². The molecule has 3 aromatic heterocycles. The first-order valence-electron chi connectivity index (χ1n) is 13.0. The largest absolute Gasteiger partial charge is 0.465 e. The number of thiophene rings is 1. The number of hydrogen-bond donors (Lipinski definition) is 2. The van der Waals surface area contributed by atoms with E-state index in [2.05, 4.69) is 20.4 Å². The number of nitrogens with zero attached hydrogens (tertiary/aromatic N) is 7. The fourth-order valence-electron chi connectivity index (χ4n) is 5.29. The summed E-state index contributed by atoms with van der Waals surface area (Å²) in [6.07, 6.45) is -2.12. The smallest absolute Gasteiger partial charge is 0.409 e. The van der Waals surface area contributed by atoms with Crippen molar-refractivity contribution in [2.45, 2.75) is 19.5 Å². The Bertz CT molecular complexity index is 2070. The maximum absolute atomic E-state index is 16.4. The van der Waals surface area contributed by atoms with Crippen LogP contribution < -0.4 is 10.2 Å². The van der Waals surface area contributed by atoms with Crippen molar-refractivity contribution < 1.29 is 27.9 Å². The Morgan fingerprint density at radius 3 is 2.66 bits per heavy atom. The average molecular weight is 641 g/mol. The molecule has 1 aliphatic heterocycles. The number of benzene rings is 2. The third kappa shape index (κ3) is 4.81. The molecular weight excluding hydrogens is 621 g/mol. The van der Waals surface area contributed by atoms with Crippen LogP contribution in [0.25, 0.3) is 32.1 Å². The molecule has 44 heavy (non-hydrogen) atoms. The fraction of sp³-hybridized carbons (Fsp3) is 0.214. The summed E-state index contributed by atoms with van der Waals surface area (Å²) in [5, 5.41) is 25.2. The Morgan fingerprint density at radius 1 is 1.18 bits per heavy atom. The second-order valence-electron chi connectivity index (χ2n) is 10.1. The Balaban J connectivity index is 1.51. The van der Waals surface area contributed by atoms with Crippen LogP contribution in [-0.4, -0.2) is 62.4 Å². The van der Waals surface area contributed by atoms with Gasteiger partial charge >= 0.3 is 12.2 Å². The molecule has 0 aliphatic carbocycles. The van der Waals surface area contributed by atoms with Crippen molar-refractivity contribution in [3.8, 4) is 17.2 Å². The zero-order valence-corrected chi connectivity index (χ0v) is 24.5. The molecule has 0 unspecified atom stereocenters. The third-order valence-corrected chi connectivity index (χ3v) is 8.58. The van der Waals surface area contributed by atoms with Gasteiger partial charge in [-0.15, -0.1) is 11.3 Å². The van der Waals surface area contributed by atoms with Gasteiger partial charge in [-0.3, -0.25) is 14.8 Å². The second kappa shape index (κ2) is 11.0. The van der Waals surface area contributed by atoms with Gasteiger partial charge in [0, 0.05) is 43.5 Å². The summed E-state index contributed by atoms with van der Waals surface area (Å²) in [7, 11) is 3.23. The zero-order valence-electron chi connectivity index (χ0n) is 23.0. The highest BCUT2D eigenvalue weighted by atomic mass is 35.5. The van der Waals surface area contributed by atoms with Gasteiger partial charge < -0.3 is 14.9 Å². The Morgan fingerprint density at radius 2 is 1.95 bits per heavy atom. The monoisotopic (exact) mass is 640 g/mol. The van der Waals surface area contributed by atoms with E-state index in [0.29, 0.717) is 36.5 Å². The standard InChI is InChI=1S/C28H20ClF3N8O3S/c1-38(2)26(41)18-8-12-11-39(6-3-7-40(12)37-18)24-14-9-16(29)20(21(31)22(14)34-27(32)35-24)13-4-5-17(30)23-19(13)15(10-33)25(44-23)36-28(42)43/h4-5,8-9,36H,3,6-7,11H2,1-2H3,(H,42,43). The number of amides is 2. The topological polar surface area (TPSA) is 140 Å². The molecular formula is C28H20ClF3N8O3S. The van der Waals surface area contributed by atoms with E-state index in [0.717, 1.165) is 6.07 Å². The molecule has 0 saturated heterocycles. The van der Waals surface area contributed by atoms with Crippen LogP contribution in [0.2, 0.25) is 5.02 Å². The minimum Gasteiger partial charge on any atom is -0.465 e. The number of halogens is 4. The lowest BCUT2D eigenvalue weighted by molar-refractivity contribution is 0.0821. The molecule has 4 heterocycles. The summed E-state index contributed by atoms with van der Waals surface area (Å²) >= 11 is 7.33. The Kier molecular flexibility index (Phi) is 7.26. The molecule has 2 amide bonds. The SMILES string of the molecule is CN(C)C(=O)c1cc2n(n1)CCCN(c1nc(F)nc3c(F)c(-c4ccc(F)c5sc(NC(=O)O)c(C#N)c45)c(Cl)cc13)C2. The minimum atomic E-state index is -1.47. The molecule has 0 fully saturated rings. The van der Waals surface area contributed by atoms with Gasteiger partial charge in [-0.1, -0.05) is 17.7 Å². The third-order valence-electron chi connectivity index (χ3n) is 7.17. The first-order chi connectivity index (χ1) is 21.0. The number of nitrogens with one attached hydrogen (secondary N) is 1. The number of nitriles is 1.